The van der Waals surface area contributed by atoms with E-state index in [1.807, 2.05) is 36.6 Å². The number of nitro groups is 1. The number of nitrogens with one attached hydrogen (secondary N) is 1. The Morgan fingerprint density at radius 1 is 1.11 bits per heavy atom. The molecule has 0 aliphatic carbocycles. The summed E-state index contributed by atoms with van der Waals surface area (Å²) in [4.78, 5) is 53.8. The van der Waals surface area contributed by atoms with Crippen molar-refractivity contribution in [2.45, 2.75) is 19.8 Å². The van der Waals surface area contributed by atoms with Crippen molar-refractivity contribution in [3.05, 3.63) is 74.6 Å². The van der Waals surface area contributed by atoms with Crippen molar-refractivity contribution in [3.63, 3.8) is 0 Å². The van der Waals surface area contributed by atoms with E-state index in [1.165, 1.54) is 23.5 Å². The molecule has 1 aliphatic rings. The molecule has 12 heteroatoms. The van der Waals surface area contributed by atoms with E-state index in [0.29, 0.717) is 4.96 Å². The lowest BCUT2D eigenvalue weighted by atomic mass is 10.1. The molecule has 2 aromatic heterocycles. The Hall–Kier alpha value is -4.45. The number of thiazole rings is 1. The molecule has 0 saturated heterocycles. The molecule has 1 aliphatic heterocycles. The minimum absolute atomic E-state index is 0.000290. The fourth-order valence-electron chi connectivity index (χ4n) is 3.84. The quantitative estimate of drug-likeness (QED) is 0.237. The average Bonchev–Trinajstić information content (AvgIpc) is 3.47. The van der Waals surface area contributed by atoms with Crippen molar-refractivity contribution in [2.24, 2.45) is 0 Å². The first-order valence-electron chi connectivity index (χ1n) is 10.7. The number of nitro benzene ring substituents is 1. The van der Waals surface area contributed by atoms with Gasteiger partial charge in [-0.1, -0.05) is 29.8 Å². The smallest absolute Gasteiger partial charge is 0.270 e. The Morgan fingerprint density at radius 2 is 1.86 bits per heavy atom. The lowest BCUT2D eigenvalue weighted by Crippen LogP contribution is -2.31. The van der Waals surface area contributed by atoms with Gasteiger partial charge in [-0.2, -0.15) is 4.98 Å². The zero-order valence-electron chi connectivity index (χ0n) is 18.4. The summed E-state index contributed by atoms with van der Waals surface area (Å²) in [5.74, 6) is -1.32. The number of fused-ring (bicyclic) bond motifs is 2. The summed E-state index contributed by atoms with van der Waals surface area (Å²) < 4.78 is 1.67. The average molecular weight is 491 g/mol. The third kappa shape index (κ3) is 4.15. The second-order valence-electron chi connectivity index (χ2n) is 8.02. The fourth-order valence-corrected chi connectivity index (χ4v) is 4.67. The molecule has 11 nitrogen and oxygen atoms in total. The standard InChI is InChI=1S/C23H18N6O5S/c1-13-4-6-14(7-5-13)18-12-35-23-25-22(26-28(18)23)24-19(30)3-2-10-27-20(31)16-9-8-15(29(33)34)11-17(16)21(27)32/h4-9,11-12H,2-3,10H2,1H3,(H,24,26,30). The van der Waals surface area contributed by atoms with Crippen molar-refractivity contribution in [1.82, 2.24) is 19.5 Å². The summed E-state index contributed by atoms with van der Waals surface area (Å²) in [6.45, 7) is 2.02. The van der Waals surface area contributed by atoms with Crippen LogP contribution in [0.15, 0.2) is 47.8 Å². The molecule has 176 valence electrons. The summed E-state index contributed by atoms with van der Waals surface area (Å²) in [6, 6.07) is 11.6. The second-order valence-corrected chi connectivity index (χ2v) is 8.85. The Labute approximate surface area is 202 Å². The second kappa shape index (κ2) is 8.72. The van der Waals surface area contributed by atoms with E-state index in [1.54, 1.807) is 4.52 Å². The molecule has 0 unspecified atom stereocenters. The number of hydrogen-bond donors (Lipinski definition) is 1. The fraction of sp³-hybridized carbons (Fsp3) is 0.174. The molecule has 4 aromatic rings. The van der Waals surface area contributed by atoms with Gasteiger partial charge >= 0.3 is 0 Å². The van der Waals surface area contributed by atoms with E-state index < -0.39 is 16.7 Å². The minimum Gasteiger partial charge on any atom is -0.293 e. The normalized spacial score (nSPS) is 12.9. The Balaban J connectivity index is 1.20. The highest BCUT2D eigenvalue weighted by molar-refractivity contribution is 7.15. The van der Waals surface area contributed by atoms with Crippen LogP contribution in [0, 0.1) is 17.0 Å². The van der Waals surface area contributed by atoms with E-state index in [0.717, 1.165) is 27.8 Å². The number of aryl methyl sites for hydroxylation is 1. The number of nitrogens with zero attached hydrogens (tertiary/aromatic N) is 5. The maximum absolute atomic E-state index is 12.5. The number of carbonyl (C=O) groups excluding carboxylic acids is 3. The number of hydrogen-bond acceptors (Lipinski definition) is 8. The topological polar surface area (TPSA) is 140 Å². The van der Waals surface area contributed by atoms with Gasteiger partial charge in [0.05, 0.1) is 21.7 Å². The first-order chi connectivity index (χ1) is 16.8. The maximum Gasteiger partial charge on any atom is 0.270 e. The van der Waals surface area contributed by atoms with Crippen molar-refractivity contribution in [2.75, 3.05) is 11.9 Å². The van der Waals surface area contributed by atoms with E-state index in [9.17, 15) is 24.5 Å². The van der Waals surface area contributed by atoms with Crippen LogP contribution >= 0.6 is 11.3 Å². The Morgan fingerprint density at radius 3 is 2.60 bits per heavy atom. The highest BCUT2D eigenvalue weighted by Crippen LogP contribution is 2.28. The van der Waals surface area contributed by atoms with E-state index >= 15 is 0 Å². The molecular weight excluding hydrogens is 472 g/mol. The molecule has 5 rings (SSSR count). The number of rotatable bonds is 7. The lowest BCUT2D eigenvalue weighted by Gasteiger charge is -2.13. The van der Waals surface area contributed by atoms with Crippen molar-refractivity contribution in [1.29, 1.82) is 0 Å². The summed E-state index contributed by atoms with van der Waals surface area (Å²) >= 11 is 1.41. The van der Waals surface area contributed by atoms with Gasteiger partial charge in [0.1, 0.15) is 0 Å². The number of carbonyl (C=O) groups is 3. The Kier molecular flexibility index (Phi) is 5.57. The number of imide groups is 1. The predicted octanol–water partition coefficient (Wildman–Crippen LogP) is 3.69. The van der Waals surface area contributed by atoms with Crippen molar-refractivity contribution < 1.29 is 19.3 Å². The largest absolute Gasteiger partial charge is 0.293 e. The van der Waals surface area contributed by atoms with Crippen LogP contribution in [0.1, 0.15) is 39.1 Å². The van der Waals surface area contributed by atoms with Crippen LogP contribution in [-0.4, -0.2) is 48.7 Å². The molecule has 0 radical (unpaired) electrons. The van der Waals surface area contributed by atoms with Crippen LogP contribution < -0.4 is 5.32 Å². The summed E-state index contributed by atoms with van der Waals surface area (Å²) in [6.07, 6.45) is 0.251. The van der Waals surface area contributed by atoms with E-state index in [-0.39, 0.29) is 48.1 Å². The van der Waals surface area contributed by atoms with Gasteiger partial charge in [-0.3, -0.25) is 34.7 Å². The van der Waals surface area contributed by atoms with Crippen LogP contribution in [0.25, 0.3) is 16.2 Å². The number of amides is 3. The molecule has 0 bridgehead atoms. The van der Waals surface area contributed by atoms with Gasteiger partial charge in [0, 0.05) is 36.0 Å². The lowest BCUT2D eigenvalue weighted by molar-refractivity contribution is -0.384. The highest BCUT2D eigenvalue weighted by atomic mass is 32.1. The van der Waals surface area contributed by atoms with Gasteiger partial charge in [0.15, 0.2) is 0 Å². The predicted molar refractivity (Wildman–Crippen MR) is 127 cm³/mol. The first kappa shape index (κ1) is 22.3. The number of anilines is 1. The Bertz CT molecular complexity index is 1510. The third-order valence-electron chi connectivity index (χ3n) is 5.63. The van der Waals surface area contributed by atoms with Gasteiger partial charge in [0.2, 0.25) is 16.8 Å². The zero-order chi connectivity index (χ0) is 24.7. The maximum atomic E-state index is 12.5. The first-order valence-corrected chi connectivity index (χ1v) is 11.6. The number of aromatic nitrogens is 3. The van der Waals surface area contributed by atoms with Gasteiger partial charge in [-0.15, -0.1) is 16.4 Å². The van der Waals surface area contributed by atoms with E-state index in [4.69, 9.17) is 0 Å². The molecule has 0 atom stereocenters. The zero-order valence-corrected chi connectivity index (χ0v) is 19.2. The summed E-state index contributed by atoms with van der Waals surface area (Å²) in [7, 11) is 0. The highest BCUT2D eigenvalue weighted by Gasteiger charge is 2.36. The molecule has 35 heavy (non-hydrogen) atoms. The van der Waals surface area contributed by atoms with Crippen molar-refractivity contribution >= 4 is 45.7 Å². The SMILES string of the molecule is Cc1ccc(-c2csc3nc(NC(=O)CCCN4C(=O)c5ccc([N+](=O)[O-])cc5C4=O)nn23)cc1. The van der Waals surface area contributed by atoms with Gasteiger partial charge in [-0.05, 0) is 19.4 Å². The molecule has 2 aromatic carbocycles. The van der Waals surface area contributed by atoms with E-state index in [2.05, 4.69) is 15.4 Å². The molecule has 3 amide bonds. The van der Waals surface area contributed by atoms with Gasteiger partial charge < -0.3 is 0 Å². The van der Waals surface area contributed by atoms with Gasteiger partial charge in [0.25, 0.3) is 17.5 Å². The summed E-state index contributed by atoms with van der Waals surface area (Å²) in [5.41, 5.74) is 2.86. The van der Waals surface area contributed by atoms with Crippen molar-refractivity contribution in [3.8, 4) is 11.3 Å². The molecular formula is C23H18N6O5S. The number of benzene rings is 2. The molecule has 1 N–H and O–H groups in total. The molecule has 0 fully saturated rings. The summed E-state index contributed by atoms with van der Waals surface area (Å²) in [5, 5.41) is 19.9. The van der Waals surface area contributed by atoms with Crippen LogP contribution in [0.2, 0.25) is 0 Å². The van der Waals surface area contributed by atoms with Crippen LogP contribution in [0.5, 0.6) is 0 Å². The molecule has 0 spiro atoms. The van der Waals surface area contributed by atoms with Gasteiger partial charge in [-0.25, -0.2) is 4.52 Å². The monoisotopic (exact) mass is 490 g/mol. The molecule has 3 heterocycles. The van der Waals surface area contributed by atoms with Crippen LogP contribution in [0.3, 0.4) is 0 Å². The molecule has 0 saturated carbocycles. The minimum atomic E-state index is -0.622. The number of non-ortho nitro benzene ring substituents is 1. The van der Waals surface area contributed by atoms with Crippen LogP contribution in [-0.2, 0) is 4.79 Å². The third-order valence-corrected chi connectivity index (χ3v) is 6.45. The van der Waals surface area contributed by atoms with Crippen LogP contribution in [0.4, 0.5) is 11.6 Å².